The van der Waals surface area contributed by atoms with Crippen LogP contribution in [0.5, 0.6) is 5.75 Å². The highest BCUT2D eigenvalue weighted by Crippen LogP contribution is 2.15. The van der Waals surface area contributed by atoms with Gasteiger partial charge in [-0.1, -0.05) is 42.5 Å². The van der Waals surface area contributed by atoms with E-state index in [1.54, 1.807) is 21.6 Å². The van der Waals surface area contributed by atoms with Crippen molar-refractivity contribution in [1.82, 2.24) is 9.36 Å². The summed E-state index contributed by atoms with van der Waals surface area (Å²) in [4.78, 5) is 11.8. The molecule has 3 rings (SSSR count). The first kappa shape index (κ1) is 14.2. The third-order valence-corrected chi connectivity index (χ3v) is 3.55. The molecule has 0 aliphatic heterocycles. The Labute approximate surface area is 129 Å². The molecule has 0 radical (unpaired) electrons. The van der Waals surface area contributed by atoms with E-state index in [0.29, 0.717) is 13.2 Å². The molecule has 0 unspecified atom stereocenters. The zero-order valence-electron chi connectivity index (χ0n) is 12.5. The number of ether oxygens (including phenoxy) is 1. The van der Waals surface area contributed by atoms with Crippen LogP contribution >= 0.6 is 0 Å². The molecule has 1 heterocycles. The molecule has 0 N–H and O–H groups in total. The van der Waals surface area contributed by atoms with Crippen molar-refractivity contribution in [3.63, 3.8) is 0 Å². The number of rotatable bonds is 5. The van der Waals surface area contributed by atoms with Crippen LogP contribution in [0.15, 0.2) is 71.7 Å². The molecule has 0 bridgehead atoms. The van der Waals surface area contributed by atoms with Crippen molar-refractivity contribution in [3.8, 4) is 5.75 Å². The predicted molar refractivity (Wildman–Crippen MR) is 86.0 cm³/mol. The first-order chi connectivity index (χ1) is 10.7. The fourth-order valence-electron chi connectivity index (χ4n) is 2.33. The van der Waals surface area contributed by atoms with Crippen LogP contribution in [0.1, 0.15) is 11.1 Å². The van der Waals surface area contributed by atoms with Gasteiger partial charge in [0.15, 0.2) is 0 Å². The van der Waals surface area contributed by atoms with Crippen molar-refractivity contribution >= 4 is 0 Å². The molecule has 112 valence electrons. The van der Waals surface area contributed by atoms with E-state index in [2.05, 4.69) is 0 Å². The van der Waals surface area contributed by atoms with Crippen molar-refractivity contribution in [1.29, 1.82) is 0 Å². The van der Waals surface area contributed by atoms with Crippen molar-refractivity contribution in [2.45, 2.75) is 13.2 Å². The highest BCUT2D eigenvalue weighted by Gasteiger charge is 2.03. The molecule has 22 heavy (non-hydrogen) atoms. The average Bonchev–Trinajstić information content (AvgIpc) is 2.86. The fourth-order valence-corrected chi connectivity index (χ4v) is 2.33. The Kier molecular flexibility index (Phi) is 4.10. The Morgan fingerprint density at radius 3 is 2.45 bits per heavy atom. The third kappa shape index (κ3) is 3.28. The Morgan fingerprint density at radius 2 is 1.73 bits per heavy atom. The van der Waals surface area contributed by atoms with Crippen molar-refractivity contribution in [3.05, 3.63) is 88.3 Å². The molecule has 0 amide bonds. The number of hydrogen-bond donors (Lipinski definition) is 0. The standard InChI is InChI=1S/C18H18N2O2/c1-19-11-10-18(21)20(19)13-16-8-5-9-17(12-16)22-14-15-6-3-2-4-7-15/h2-12H,13-14H2,1H3. The molecule has 4 nitrogen and oxygen atoms in total. The molecular formula is C18H18N2O2. The Hall–Kier alpha value is -2.75. The SMILES string of the molecule is Cn1ccc(=O)n1Cc1cccc(OCc2ccccc2)c1. The Morgan fingerprint density at radius 1 is 0.955 bits per heavy atom. The summed E-state index contributed by atoms with van der Waals surface area (Å²) < 4.78 is 9.29. The van der Waals surface area contributed by atoms with Crippen molar-refractivity contribution in [2.24, 2.45) is 7.05 Å². The molecule has 0 atom stereocenters. The summed E-state index contributed by atoms with van der Waals surface area (Å²) in [6.45, 7) is 1.07. The van der Waals surface area contributed by atoms with Gasteiger partial charge in [-0.2, -0.15) is 0 Å². The molecule has 2 aromatic carbocycles. The van der Waals surface area contributed by atoms with E-state index in [1.165, 1.54) is 0 Å². The molecule has 0 aliphatic carbocycles. The highest BCUT2D eigenvalue weighted by molar-refractivity contribution is 5.29. The summed E-state index contributed by atoms with van der Waals surface area (Å²) in [5.74, 6) is 0.809. The summed E-state index contributed by atoms with van der Waals surface area (Å²) in [6.07, 6.45) is 1.76. The highest BCUT2D eigenvalue weighted by atomic mass is 16.5. The van der Waals surface area contributed by atoms with Crippen molar-refractivity contribution in [2.75, 3.05) is 0 Å². The molecule has 0 saturated carbocycles. The van der Waals surface area contributed by atoms with Crippen LogP contribution < -0.4 is 10.3 Å². The number of benzene rings is 2. The van der Waals surface area contributed by atoms with E-state index in [-0.39, 0.29) is 5.56 Å². The Bertz CT molecular complexity index is 803. The lowest BCUT2D eigenvalue weighted by atomic mass is 10.2. The van der Waals surface area contributed by atoms with Gasteiger partial charge in [-0.15, -0.1) is 0 Å². The lowest BCUT2D eigenvalue weighted by Gasteiger charge is -2.10. The zero-order valence-corrected chi connectivity index (χ0v) is 12.5. The van der Waals surface area contributed by atoms with Crippen LogP contribution in [0.2, 0.25) is 0 Å². The van der Waals surface area contributed by atoms with Gasteiger partial charge in [0.1, 0.15) is 12.4 Å². The van der Waals surface area contributed by atoms with Gasteiger partial charge in [-0.05, 0) is 23.3 Å². The topological polar surface area (TPSA) is 36.2 Å². The van der Waals surface area contributed by atoms with Gasteiger partial charge < -0.3 is 4.74 Å². The molecule has 0 spiro atoms. The number of aryl methyl sites for hydroxylation is 1. The number of aromatic nitrogens is 2. The normalized spacial score (nSPS) is 10.6. The van der Waals surface area contributed by atoms with E-state index < -0.39 is 0 Å². The third-order valence-electron chi connectivity index (χ3n) is 3.55. The van der Waals surface area contributed by atoms with Gasteiger partial charge in [-0.25, -0.2) is 4.68 Å². The lowest BCUT2D eigenvalue weighted by molar-refractivity contribution is 0.306. The van der Waals surface area contributed by atoms with Crippen LogP contribution in [-0.4, -0.2) is 9.36 Å². The zero-order chi connectivity index (χ0) is 15.4. The number of hydrogen-bond acceptors (Lipinski definition) is 2. The maximum absolute atomic E-state index is 11.8. The van der Waals surface area contributed by atoms with Gasteiger partial charge >= 0.3 is 0 Å². The molecule has 1 aromatic heterocycles. The second-order valence-electron chi connectivity index (χ2n) is 5.21. The summed E-state index contributed by atoms with van der Waals surface area (Å²) in [6, 6.07) is 19.5. The monoisotopic (exact) mass is 294 g/mol. The van der Waals surface area contributed by atoms with Gasteiger partial charge in [-0.3, -0.25) is 9.48 Å². The summed E-state index contributed by atoms with van der Waals surface area (Å²) in [5, 5.41) is 0. The smallest absolute Gasteiger partial charge is 0.266 e. The molecule has 4 heteroatoms. The first-order valence-corrected chi connectivity index (χ1v) is 7.20. The van der Waals surface area contributed by atoms with Gasteiger partial charge in [0.25, 0.3) is 5.56 Å². The second kappa shape index (κ2) is 6.35. The Balaban J connectivity index is 1.71. The van der Waals surface area contributed by atoms with Gasteiger partial charge in [0.05, 0.1) is 6.54 Å². The molecule has 0 aliphatic rings. The molecule has 0 fully saturated rings. The summed E-state index contributed by atoms with van der Waals surface area (Å²) in [7, 11) is 1.86. The van der Waals surface area contributed by atoms with Crippen LogP contribution in [0, 0.1) is 0 Å². The van der Waals surface area contributed by atoms with E-state index in [4.69, 9.17) is 4.74 Å². The first-order valence-electron chi connectivity index (χ1n) is 7.20. The second-order valence-corrected chi connectivity index (χ2v) is 5.21. The van der Waals surface area contributed by atoms with E-state index in [1.807, 2.05) is 61.6 Å². The maximum atomic E-state index is 11.8. The predicted octanol–water partition coefficient (Wildman–Crippen LogP) is 2.81. The summed E-state index contributed by atoms with van der Waals surface area (Å²) >= 11 is 0. The minimum Gasteiger partial charge on any atom is -0.489 e. The van der Waals surface area contributed by atoms with Crippen LogP contribution in [-0.2, 0) is 20.2 Å². The van der Waals surface area contributed by atoms with Gasteiger partial charge in [0.2, 0.25) is 0 Å². The summed E-state index contributed by atoms with van der Waals surface area (Å²) in [5.41, 5.74) is 2.17. The minimum absolute atomic E-state index is 0.00175. The minimum atomic E-state index is -0.00175. The van der Waals surface area contributed by atoms with Crippen LogP contribution in [0.25, 0.3) is 0 Å². The van der Waals surface area contributed by atoms with Crippen molar-refractivity contribution < 1.29 is 4.74 Å². The van der Waals surface area contributed by atoms with Crippen LogP contribution in [0.3, 0.4) is 0 Å². The van der Waals surface area contributed by atoms with E-state index in [9.17, 15) is 4.79 Å². The van der Waals surface area contributed by atoms with E-state index >= 15 is 0 Å². The fraction of sp³-hybridized carbons (Fsp3) is 0.167. The van der Waals surface area contributed by atoms with Crippen LogP contribution in [0.4, 0.5) is 0 Å². The lowest BCUT2D eigenvalue weighted by Crippen LogP contribution is -2.21. The average molecular weight is 294 g/mol. The largest absolute Gasteiger partial charge is 0.489 e. The molecular weight excluding hydrogens is 276 g/mol. The molecule has 3 aromatic rings. The quantitative estimate of drug-likeness (QED) is 0.725. The number of nitrogens with zero attached hydrogens (tertiary/aromatic N) is 2. The molecule has 0 saturated heterocycles. The van der Waals surface area contributed by atoms with Gasteiger partial charge in [0, 0.05) is 19.3 Å². The maximum Gasteiger partial charge on any atom is 0.266 e. The van der Waals surface area contributed by atoms with E-state index in [0.717, 1.165) is 16.9 Å².